The molecule has 0 aliphatic carbocycles. The number of esters is 2. The Morgan fingerprint density at radius 2 is 1.73 bits per heavy atom. The zero-order valence-corrected chi connectivity index (χ0v) is 22.5. The highest BCUT2D eigenvalue weighted by Crippen LogP contribution is 2.48. The molecule has 3 rings (SSSR count). The van der Waals surface area contributed by atoms with Gasteiger partial charge in [-0.05, 0) is 38.5 Å². The molecule has 37 heavy (non-hydrogen) atoms. The summed E-state index contributed by atoms with van der Waals surface area (Å²) in [6.45, 7) is 4.97. The molecule has 0 saturated carbocycles. The molecule has 1 unspecified atom stereocenters. The number of carbonyl (C=O) groups is 2. The summed E-state index contributed by atoms with van der Waals surface area (Å²) < 4.78 is 37.1. The molecule has 0 fully saturated rings. The van der Waals surface area contributed by atoms with Crippen LogP contribution in [0.4, 0.5) is 5.69 Å². The van der Waals surface area contributed by atoms with Gasteiger partial charge in [-0.2, -0.15) is 0 Å². The minimum atomic E-state index is -4.02. The van der Waals surface area contributed by atoms with Crippen molar-refractivity contribution in [2.24, 2.45) is 0 Å². The first-order valence-electron chi connectivity index (χ1n) is 11.1. The Morgan fingerprint density at radius 3 is 2.30 bits per heavy atom. The van der Waals surface area contributed by atoms with E-state index in [0.717, 1.165) is 5.56 Å². The van der Waals surface area contributed by atoms with E-state index in [4.69, 9.17) is 9.47 Å². The van der Waals surface area contributed by atoms with Crippen LogP contribution in [0.25, 0.3) is 0 Å². The molecule has 0 amide bonds. The number of allylic oxidation sites excluding steroid dienone is 1. The number of nitrogens with zero attached hydrogens (tertiary/aromatic N) is 2. The molecule has 0 saturated heterocycles. The van der Waals surface area contributed by atoms with Gasteiger partial charge in [-0.3, -0.25) is 10.1 Å². The van der Waals surface area contributed by atoms with E-state index >= 15 is 0 Å². The Labute approximate surface area is 218 Å². The normalized spacial score (nSPS) is 16.0. The number of rotatable bonds is 8. The monoisotopic (exact) mass is 546 g/mol. The van der Waals surface area contributed by atoms with E-state index in [1.54, 1.807) is 26.0 Å². The molecule has 1 aliphatic heterocycles. The molecule has 0 radical (unpaired) electrons. The summed E-state index contributed by atoms with van der Waals surface area (Å²) in [6.07, 6.45) is 0. The second-order valence-corrected chi connectivity index (χ2v) is 11.9. The van der Waals surface area contributed by atoms with Gasteiger partial charge in [-0.1, -0.05) is 29.8 Å². The third kappa shape index (κ3) is 5.70. The number of nitro groups is 1. The predicted molar refractivity (Wildman–Crippen MR) is 138 cm³/mol. The minimum absolute atomic E-state index is 0.0145. The number of methoxy groups -OCH3 is 1. The van der Waals surface area contributed by atoms with Crippen LogP contribution in [0.2, 0.25) is 0 Å². The van der Waals surface area contributed by atoms with Crippen molar-refractivity contribution in [2.75, 3.05) is 20.8 Å². The second-order valence-electron chi connectivity index (χ2n) is 8.12. The SMILES string of the molecule is CCOC(=O)C1=C(SS(=O)(=O)c2ccc(C)cc2)N(C)C(C)=C(C(=O)OC)C1c1cccc([N+](=O)[O-])c1. The summed E-state index contributed by atoms with van der Waals surface area (Å²) >= 11 is 0. The number of carbonyl (C=O) groups excluding carboxylic acids is 2. The molecular weight excluding hydrogens is 520 g/mol. The molecule has 0 spiro atoms. The van der Waals surface area contributed by atoms with Crippen molar-refractivity contribution in [1.82, 2.24) is 4.90 Å². The summed E-state index contributed by atoms with van der Waals surface area (Å²) in [5.74, 6) is -2.81. The lowest BCUT2D eigenvalue weighted by Crippen LogP contribution is -2.33. The highest BCUT2D eigenvalue weighted by atomic mass is 33.1. The van der Waals surface area contributed by atoms with Crippen molar-refractivity contribution in [3.63, 3.8) is 0 Å². The van der Waals surface area contributed by atoms with Crippen LogP contribution in [0.5, 0.6) is 0 Å². The number of benzene rings is 2. The molecule has 0 aromatic heterocycles. The van der Waals surface area contributed by atoms with Gasteiger partial charge < -0.3 is 14.4 Å². The molecule has 1 aliphatic rings. The van der Waals surface area contributed by atoms with Crippen LogP contribution in [0.3, 0.4) is 0 Å². The van der Waals surface area contributed by atoms with Crippen LogP contribution in [-0.2, 0) is 27.9 Å². The van der Waals surface area contributed by atoms with E-state index in [1.165, 1.54) is 55.5 Å². The number of hydrogen-bond donors (Lipinski definition) is 0. The Balaban J connectivity index is 2.33. The number of hydrogen-bond acceptors (Lipinski definition) is 10. The van der Waals surface area contributed by atoms with E-state index < -0.39 is 31.6 Å². The molecule has 1 atom stereocenters. The van der Waals surface area contributed by atoms with Gasteiger partial charge in [0, 0.05) is 35.7 Å². The van der Waals surface area contributed by atoms with Gasteiger partial charge in [-0.25, -0.2) is 18.0 Å². The van der Waals surface area contributed by atoms with Crippen LogP contribution in [0.15, 0.2) is 75.3 Å². The Morgan fingerprint density at radius 1 is 1.08 bits per heavy atom. The summed E-state index contributed by atoms with van der Waals surface area (Å²) in [5.41, 5.74) is 1.05. The van der Waals surface area contributed by atoms with Crippen molar-refractivity contribution in [1.29, 1.82) is 0 Å². The number of nitro benzene ring substituents is 1. The quantitative estimate of drug-likeness (QED) is 0.204. The Bertz CT molecular complexity index is 1410. The zero-order valence-electron chi connectivity index (χ0n) is 20.9. The first-order chi connectivity index (χ1) is 17.4. The predicted octanol–water partition coefficient (Wildman–Crippen LogP) is 4.28. The first kappa shape index (κ1) is 27.9. The lowest BCUT2D eigenvalue weighted by molar-refractivity contribution is -0.384. The second kappa shape index (κ2) is 11.2. The third-order valence-corrected chi connectivity index (χ3v) is 9.25. The summed E-state index contributed by atoms with van der Waals surface area (Å²) in [5, 5.41) is 11.5. The van der Waals surface area contributed by atoms with Crippen LogP contribution < -0.4 is 0 Å². The molecule has 0 bridgehead atoms. The smallest absolute Gasteiger partial charge is 0.337 e. The van der Waals surface area contributed by atoms with Crippen LogP contribution in [-0.4, -0.2) is 50.9 Å². The third-order valence-electron chi connectivity index (χ3n) is 5.82. The van der Waals surface area contributed by atoms with Gasteiger partial charge >= 0.3 is 11.9 Å². The average molecular weight is 547 g/mol. The molecule has 10 nitrogen and oxygen atoms in total. The number of non-ortho nitro benzene ring substituents is 1. The van der Waals surface area contributed by atoms with Gasteiger partial charge in [-0.15, -0.1) is 0 Å². The molecule has 2 aromatic rings. The van der Waals surface area contributed by atoms with Crippen molar-refractivity contribution < 1.29 is 32.4 Å². The maximum absolute atomic E-state index is 13.4. The summed E-state index contributed by atoms with van der Waals surface area (Å²) in [4.78, 5) is 38.6. The van der Waals surface area contributed by atoms with E-state index in [0.29, 0.717) is 16.5 Å². The Hall–Kier alpha value is -3.64. The molecule has 0 N–H and O–H groups in total. The fourth-order valence-electron chi connectivity index (χ4n) is 3.89. The lowest BCUT2D eigenvalue weighted by Gasteiger charge is -2.36. The largest absolute Gasteiger partial charge is 0.466 e. The van der Waals surface area contributed by atoms with Gasteiger partial charge in [0.05, 0.1) is 40.6 Å². The number of aryl methyl sites for hydroxylation is 1. The standard InChI is InChI=1S/C25H26N2O8S2/c1-6-35-25(29)22-21(17-8-7-9-18(14-17)27(30)31)20(24(28)34-5)16(3)26(4)23(22)36-37(32,33)19-12-10-15(2)11-13-19/h7-14,21H,6H2,1-5H3. The Kier molecular flexibility index (Phi) is 8.44. The maximum Gasteiger partial charge on any atom is 0.337 e. The minimum Gasteiger partial charge on any atom is -0.466 e. The van der Waals surface area contributed by atoms with E-state index in [-0.39, 0.29) is 38.9 Å². The summed E-state index contributed by atoms with van der Waals surface area (Å²) in [6, 6.07) is 11.7. The lowest BCUT2D eigenvalue weighted by atomic mass is 9.81. The maximum atomic E-state index is 13.4. The average Bonchev–Trinajstić information content (AvgIpc) is 2.86. The zero-order chi connectivity index (χ0) is 27.5. The van der Waals surface area contributed by atoms with Crippen molar-refractivity contribution in [3.05, 3.63) is 91.6 Å². The van der Waals surface area contributed by atoms with Crippen molar-refractivity contribution in [2.45, 2.75) is 31.6 Å². The fourth-order valence-corrected chi connectivity index (χ4v) is 7.05. The highest BCUT2D eigenvalue weighted by molar-refractivity contribution is 8.73. The molecular formula is C25H26N2O8S2. The van der Waals surface area contributed by atoms with E-state index in [1.807, 2.05) is 6.92 Å². The van der Waals surface area contributed by atoms with Crippen molar-refractivity contribution >= 4 is 37.3 Å². The van der Waals surface area contributed by atoms with Gasteiger partial charge in [0.25, 0.3) is 5.69 Å². The molecule has 12 heteroatoms. The van der Waals surface area contributed by atoms with Crippen LogP contribution in [0, 0.1) is 17.0 Å². The fraction of sp³-hybridized carbons (Fsp3) is 0.280. The summed E-state index contributed by atoms with van der Waals surface area (Å²) in [7, 11) is -0.884. The van der Waals surface area contributed by atoms with Gasteiger partial charge in [0.1, 0.15) is 5.03 Å². The van der Waals surface area contributed by atoms with E-state index in [9.17, 15) is 28.1 Å². The molecule has 1 heterocycles. The van der Waals surface area contributed by atoms with Gasteiger partial charge in [0.2, 0.25) is 8.87 Å². The van der Waals surface area contributed by atoms with Crippen molar-refractivity contribution in [3.8, 4) is 0 Å². The van der Waals surface area contributed by atoms with Gasteiger partial charge in [0.15, 0.2) is 0 Å². The van der Waals surface area contributed by atoms with Crippen LogP contribution in [0.1, 0.15) is 30.9 Å². The molecule has 196 valence electrons. The highest BCUT2D eigenvalue weighted by Gasteiger charge is 2.43. The first-order valence-corrected chi connectivity index (χ1v) is 13.9. The van der Waals surface area contributed by atoms with Crippen LogP contribution >= 0.6 is 10.8 Å². The number of ether oxygens (including phenoxy) is 2. The van der Waals surface area contributed by atoms with E-state index in [2.05, 4.69) is 0 Å². The molecule has 2 aromatic carbocycles. The topological polar surface area (TPSA) is 133 Å².